The number of likely N-dealkylation sites (N-methyl/N-ethyl adjacent to an activating group) is 1. The molecule has 1 saturated heterocycles. The van der Waals surface area contributed by atoms with Crippen molar-refractivity contribution in [2.75, 3.05) is 11.4 Å². The lowest BCUT2D eigenvalue weighted by Gasteiger charge is -2.29. The zero-order chi connectivity index (χ0) is 20.5. The van der Waals surface area contributed by atoms with Gasteiger partial charge < -0.3 is 4.90 Å². The molecule has 2 aromatic rings. The number of nitrogens with zero attached hydrogens (tertiary/aromatic N) is 2. The Labute approximate surface area is 165 Å². The fraction of sp³-hybridized carbons (Fsp3) is 0.333. The Balaban J connectivity index is 1.97. The van der Waals surface area contributed by atoms with Crippen molar-refractivity contribution in [3.8, 4) is 0 Å². The van der Waals surface area contributed by atoms with Crippen LogP contribution in [0.5, 0.6) is 0 Å². The molecule has 1 aliphatic heterocycles. The van der Waals surface area contributed by atoms with E-state index in [1.54, 1.807) is 12.1 Å². The van der Waals surface area contributed by atoms with Crippen LogP contribution < -0.4 is 4.90 Å². The molecule has 1 aliphatic rings. The van der Waals surface area contributed by atoms with Gasteiger partial charge in [-0.2, -0.15) is 0 Å². The standard InChI is InChI=1S/C21H24N2O4S/c1-4-22(17-7-5-6-16(3)14-17)21(25)19-12-13-20(24)23(19)28(26,27)18-10-8-15(2)9-11-18/h5-11,14,19H,4,12-13H2,1-3H3/t19-/m1/s1. The van der Waals surface area contributed by atoms with Crippen LogP contribution in [0.15, 0.2) is 53.4 Å². The lowest BCUT2D eigenvalue weighted by Crippen LogP contribution is -2.49. The van der Waals surface area contributed by atoms with Crippen molar-refractivity contribution < 1.29 is 18.0 Å². The molecule has 0 aromatic heterocycles. The van der Waals surface area contributed by atoms with Gasteiger partial charge in [-0.15, -0.1) is 0 Å². The zero-order valence-corrected chi connectivity index (χ0v) is 17.1. The summed E-state index contributed by atoms with van der Waals surface area (Å²) in [4.78, 5) is 27.3. The van der Waals surface area contributed by atoms with Crippen LogP contribution in [0.2, 0.25) is 0 Å². The van der Waals surface area contributed by atoms with Gasteiger partial charge in [0, 0.05) is 18.7 Å². The normalized spacial score (nSPS) is 17.0. The number of hydrogen-bond donors (Lipinski definition) is 0. The first kappa shape index (κ1) is 20.1. The maximum Gasteiger partial charge on any atom is 0.267 e. The van der Waals surface area contributed by atoms with Crippen LogP contribution in [0.3, 0.4) is 0 Å². The summed E-state index contributed by atoms with van der Waals surface area (Å²) in [7, 11) is -4.09. The molecule has 0 unspecified atom stereocenters. The van der Waals surface area contributed by atoms with Crippen LogP contribution in [-0.4, -0.2) is 37.1 Å². The van der Waals surface area contributed by atoms with Gasteiger partial charge in [0.25, 0.3) is 15.9 Å². The average Bonchev–Trinajstić information content (AvgIpc) is 3.05. The Bertz CT molecular complexity index is 999. The number of carbonyl (C=O) groups excluding carboxylic acids is 2. The van der Waals surface area contributed by atoms with Crippen molar-refractivity contribution in [1.29, 1.82) is 0 Å². The smallest absolute Gasteiger partial charge is 0.267 e. The topological polar surface area (TPSA) is 74.8 Å². The van der Waals surface area contributed by atoms with Gasteiger partial charge in [-0.1, -0.05) is 29.8 Å². The van der Waals surface area contributed by atoms with E-state index in [0.29, 0.717) is 12.2 Å². The molecule has 28 heavy (non-hydrogen) atoms. The highest BCUT2D eigenvalue weighted by Gasteiger charge is 2.45. The van der Waals surface area contributed by atoms with Crippen LogP contribution >= 0.6 is 0 Å². The van der Waals surface area contributed by atoms with E-state index in [1.165, 1.54) is 17.0 Å². The molecule has 1 fully saturated rings. The lowest BCUT2D eigenvalue weighted by atomic mass is 10.1. The summed E-state index contributed by atoms with van der Waals surface area (Å²) in [5, 5.41) is 0. The molecule has 0 bridgehead atoms. The lowest BCUT2D eigenvalue weighted by molar-refractivity contribution is -0.129. The maximum atomic E-state index is 13.2. The van der Waals surface area contributed by atoms with Crippen LogP contribution in [-0.2, 0) is 19.6 Å². The molecule has 0 aliphatic carbocycles. The van der Waals surface area contributed by atoms with Crippen molar-refractivity contribution in [1.82, 2.24) is 4.31 Å². The first-order chi connectivity index (χ1) is 13.3. The number of sulfonamides is 1. The van der Waals surface area contributed by atoms with E-state index in [1.807, 2.05) is 45.0 Å². The quantitative estimate of drug-likeness (QED) is 0.773. The highest BCUT2D eigenvalue weighted by atomic mass is 32.2. The first-order valence-electron chi connectivity index (χ1n) is 9.27. The van der Waals surface area contributed by atoms with Gasteiger partial charge in [0.1, 0.15) is 6.04 Å². The number of carbonyl (C=O) groups is 2. The minimum absolute atomic E-state index is 0.0183. The predicted molar refractivity (Wildman–Crippen MR) is 107 cm³/mol. The molecule has 2 amide bonds. The molecule has 148 valence electrons. The van der Waals surface area contributed by atoms with E-state index in [4.69, 9.17) is 0 Å². The molecular weight excluding hydrogens is 376 g/mol. The molecular formula is C21H24N2O4S. The average molecular weight is 401 g/mol. The predicted octanol–water partition coefficient (Wildman–Crippen LogP) is 3.04. The Hall–Kier alpha value is -2.67. The number of aryl methyl sites for hydroxylation is 2. The van der Waals surface area contributed by atoms with Crippen LogP contribution in [0, 0.1) is 13.8 Å². The van der Waals surface area contributed by atoms with Gasteiger partial charge in [-0.25, -0.2) is 12.7 Å². The molecule has 7 heteroatoms. The molecule has 0 saturated carbocycles. The van der Waals surface area contributed by atoms with Crippen LogP contribution in [0.4, 0.5) is 5.69 Å². The summed E-state index contributed by atoms with van der Waals surface area (Å²) >= 11 is 0. The summed E-state index contributed by atoms with van der Waals surface area (Å²) in [6, 6.07) is 12.7. The summed E-state index contributed by atoms with van der Waals surface area (Å²) in [5.74, 6) is -0.922. The number of amides is 2. The molecule has 1 atom stereocenters. The SMILES string of the molecule is CCN(C(=O)[C@H]1CCC(=O)N1S(=O)(=O)c1ccc(C)cc1)c1cccc(C)c1. The van der Waals surface area contributed by atoms with Gasteiger partial charge >= 0.3 is 0 Å². The van der Waals surface area contributed by atoms with E-state index in [-0.39, 0.29) is 23.6 Å². The summed E-state index contributed by atoms with van der Waals surface area (Å²) in [6.45, 7) is 5.99. The minimum atomic E-state index is -4.09. The third kappa shape index (κ3) is 3.67. The van der Waals surface area contributed by atoms with Gasteiger partial charge in [0.15, 0.2) is 0 Å². The molecule has 0 N–H and O–H groups in total. The van der Waals surface area contributed by atoms with Crippen LogP contribution in [0.25, 0.3) is 0 Å². The number of benzene rings is 2. The summed E-state index contributed by atoms with van der Waals surface area (Å²) < 4.78 is 27.0. The van der Waals surface area contributed by atoms with Crippen molar-refractivity contribution in [3.63, 3.8) is 0 Å². The van der Waals surface area contributed by atoms with E-state index in [2.05, 4.69) is 0 Å². The van der Waals surface area contributed by atoms with Gasteiger partial charge in [0.2, 0.25) is 5.91 Å². The molecule has 3 rings (SSSR count). The number of anilines is 1. The van der Waals surface area contributed by atoms with Crippen molar-refractivity contribution in [3.05, 3.63) is 59.7 Å². The molecule has 1 heterocycles. The molecule has 0 radical (unpaired) electrons. The Morgan fingerprint density at radius 3 is 2.39 bits per heavy atom. The Kier molecular flexibility index (Phi) is 5.56. The monoisotopic (exact) mass is 400 g/mol. The summed E-state index contributed by atoms with van der Waals surface area (Å²) in [6.07, 6.45) is 0.220. The van der Waals surface area contributed by atoms with Crippen molar-refractivity contribution in [2.24, 2.45) is 0 Å². The van der Waals surface area contributed by atoms with Gasteiger partial charge in [-0.3, -0.25) is 9.59 Å². The highest BCUT2D eigenvalue weighted by molar-refractivity contribution is 7.89. The van der Waals surface area contributed by atoms with E-state index in [0.717, 1.165) is 15.4 Å². The second-order valence-corrected chi connectivity index (χ2v) is 8.80. The van der Waals surface area contributed by atoms with E-state index >= 15 is 0 Å². The van der Waals surface area contributed by atoms with E-state index < -0.39 is 22.0 Å². The fourth-order valence-electron chi connectivity index (χ4n) is 3.45. The van der Waals surface area contributed by atoms with E-state index in [9.17, 15) is 18.0 Å². The third-order valence-electron chi connectivity index (χ3n) is 4.92. The van der Waals surface area contributed by atoms with Gasteiger partial charge in [0.05, 0.1) is 4.90 Å². The molecule has 0 spiro atoms. The van der Waals surface area contributed by atoms with Crippen LogP contribution in [0.1, 0.15) is 30.9 Å². The zero-order valence-electron chi connectivity index (χ0n) is 16.3. The van der Waals surface area contributed by atoms with Crippen molar-refractivity contribution >= 4 is 27.5 Å². The first-order valence-corrected chi connectivity index (χ1v) is 10.7. The third-order valence-corrected chi connectivity index (χ3v) is 6.76. The highest BCUT2D eigenvalue weighted by Crippen LogP contribution is 2.30. The fourth-order valence-corrected chi connectivity index (χ4v) is 5.05. The summed E-state index contributed by atoms with van der Waals surface area (Å²) in [5.41, 5.74) is 2.60. The molecule has 6 nitrogen and oxygen atoms in total. The number of hydrogen-bond acceptors (Lipinski definition) is 4. The second kappa shape index (κ2) is 7.75. The van der Waals surface area contributed by atoms with Gasteiger partial charge in [-0.05, 0) is 57.0 Å². The maximum absolute atomic E-state index is 13.2. The minimum Gasteiger partial charge on any atom is -0.311 e. The Morgan fingerprint density at radius 2 is 1.79 bits per heavy atom. The Morgan fingerprint density at radius 1 is 1.11 bits per heavy atom. The largest absolute Gasteiger partial charge is 0.311 e. The second-order valence-electron chi connectivity index (χ2n) is 6.98. The molecule has 2 aromatic carbocycles. The van der Waals surface area contributed by atoms with Crippen molar-refractivity contribution in [2.45, 2.75) is 44.6 Å². The number of rotatable bonds is 5.